The third-order valence-electron chi connectivity index (χ3n) is 3.81. The second-order valence-corrected chi connectivity index (χ2v) is 10.9. The summed E-state index contributed by atoms with van der Waals surface area (Å²) in [5.74, 6) is -0.110. The van der Waals surface area contributed by atoms with E-state index in [-0.39, 0.29) is 21.2 Å². The van der Waals surface area contributed by atoms with Crippen molar-refractivity contribution < 1.29 is 9.59 Å². The van der Waals surface area contributed by atoms with Crippen LogP contribution in [-0.2, 0) is 9.59 Å². The Kier molecular flexibility index (Phi) is 10.6. The maximum Gasteiger partial charge on any atom is 0.236 e. The Balaban J connectivity index is 4.34. The summed E-state index contributed by atoms with van der Waals surface area (Å²) in [4.78, 5) is 23.6. The molecule has 0 spiro atoms. The number of ketones is 1. The Morgan fingerprint density at radius 1 is 1.08 bits per heavy atom. The van der Waals surface area contributed by atoms with Crippen molar-refractivity contribution in [1.82, 2.24) is 5.32 Å². The van der Waals surface area contributed by atoms with Crippen molar-refractivity contribution >= 4 is 33.3 Å². The molecular weight excluding hydrogens is 342 g/mol. The zero-order chi connectivity index (χ0) is 19.0. The number of nitrogens with one attached hydrogen (secondary N) is 1. The number of nitrogens with two attached hydrogens (primary N) is 2. The van der Waals surface area contributed by atoms with Crippen molar-refractivity contribution in [1.29, 1.82) is 0 Å². The minimum Gasteiger partial charge on any atom is -0.353 e. The fourth-order valence-corrected chi connectivity index (χ4v) is 4.62. The average Bonchev–Trinajstić information content (AvgIpc) is 2.50. The van der Waals surface area contributed by atoms with Crippen LogP contribution in [0.2, 0.25) is 0 Å². The first kappa shape index (κ1) is 23.8. The highest BCUT2D eigenvalue weighted by atomic mass is 33.1. The summed E-state index contributed by atoms with van der Waals surface area (Å²) in [6.07, 6.45) is 3.93. The van der Waals surface area contributed by atoms with Gasteiger partial charge in [0.15, 0.2) is 0 Å². The molecule has 0 radical (unpaired) electrons. The lowest BCUT2D eigenvalue weighted by Gasteiger charge is -2.33. The van der Waals surface area contributed by atoms with Crippen LogP contribution in [0.4, 0.5) is 0 Å². The van der Waals surface area contributed by atoms with Crippen LogP contribution in [0.25, 0.3) is 0 Å². The second kappa shape index (κ2) is 10.7. The van der Waals surface area contributed by atoms with Gasteiger partial charge >= 0.3 is 0 Å². The van der Waals surface area contributed by atoms with Crippen molar-refractivity contribution in [2.75, 3.05) is 6.54 Å². The molecule has 5 nitrogen and oxygen atoms in total. The fourth-order valence-electron chi connectivity index (χ4n) is 1.97. The monoisotopic (exact) mass is 377 g/mol. The van der Waals surface area contributed by atoms with Gasteiger partial charge < -0.3 is 16.8 Å². The van der Waals surface area contributed by atoms with Crippen LogP contribution in [0.5, 0.6) is 0 Å². The minimum absolute atomic E-state index is 0.0164. The number of carbonyl (C=O) groups excluding carboxylic acids is 2. The molecule has 0 saturated heterocycles. The molecule has 142 valence electrons. The molecule has 0 saturated carbocycles. The summed E-state index contributed by atoms with van der Waals surface area (Å²) < 4.78 is -0.550. The SMILES string of the molecule is CCCCC[C@H](N)C(=O)NCC(C)(C)SSC(C)(C)[C@H](N)C(C)=O. The Hall–Kier alpha value is -0.240. The van der Waals surface area contributed by atoms with E-state index in [0.717, 1.165) is 25.7 Å². The topological polar surface area (TPSA) is 98.2 Å². The predicted octanol–water partition coefficient (Wildman–Crippen LogP) is 2.87. The van der Waals surface area contributed by atoms with E-state index in [1.807, 2.05) is 13.8 Å². The smallest absolute Gasteiger partial charge is 0.236 e. The Bertz CT molecular complexity index is 415. The molecule has 0 bridgehead atoms. The van der Waals surface area contributed by atoms with Crippen molar-refractivity contribution in [3.8, 4) is 0 Å². The predicted molar refractivity (Wildman–Crippen MR) is 107 cm³/mol. The van der Waals surface area contributed by atoms with E-state index >= 15 is 0 Å². The summed E-state index contributed by atoms with van der Waals surface area (Å²) in [6, 6.07) is -0.944. The van der Waals surface area contributed by atoms with Gasteiger partial charge in [0, 0.05) is 16.0 Å². The van der Waals surface area contributed by atoms with E-state index < -0.39 is 12.1 Å². The summed E-state index contributed by atoms with van der Waals surface area (Å²) in [6.45, 7) is 12.2. The van der Waals surface area contributed by atoms with E-state index in [1.165, 1.54) is 6.92 Å². The number of unbranched alkanes of at least 4 members (excludes halogenated alkanes) is 2. The van der Waals surface area contributed by atoms with Gasteiger partial charge in [-0.15, -0.1) is 0 Å². The van der Waals surface area contributed by atoms with Crippen LogP contribution >= 0.6 is 21.6 Å². The standard InChI is InChI=1S/C17H35N3O2S2/c1-7-8-9-10-13(18)15(22)20-11-16(3,4)23-24-17(5,6)14(19)12(2)21/h13-14H,7-11,18-19H2,1-6H3,(H,20,22)/t13-,14+/m0/s1. The largest absolute Gasteiger partial charge is 0.353 e. The zero-order valence-corrected chi connectivity index (χ0v) is 17.6. The lowest BCUT2D eigenvalue weighted by atomic mass is 10.0. The molecule has 0 fully saturated rings. The van der Waals surface area contributed by atoms with Crippen LogP contribution in [0, 0.1) is 0 Å². The molecule has 1 amide bonds. The number of hydrogen-bond acceptors (Lipinski definition) is 6. The number of carbonyl (C=O) groups is 2. The molecule has 0 unspecified atom stereocenters. The average molecular weight is 378 g/mol. The normalized spacial score (nSPS) is 15.0. The molecule has 5 N–H and O–H groups in total. The lowest BCUT2D eigenvalue weighted by Crippen LogP contribution is -2.47. The van der Waals surface area contributed by atoms with Crippen LogP contribution in [0.3, 0.4) is 0 Å². The quantitative estimate of drug-likeness (QED) is 0.357. The van der Waals surface area contributed by atoms with Gasteiger partial charge in [0.1, 0.15) is 5.78 Å². The van der Waals surface area contributed by atoms with E-state index in [4.69, 9.17) is 11.5 Å². The third kappa shape index (κ3) is 9.30. The number of rotatable bonds is 12. The number of hydrogen-bond donors (Lipinski definition) is 3. The molecule has 0 aromatic rings. The minimum atomic E-state index is -0.507. The van der Waals surface area contributed by atoms with Crippen molar-refractivity contribution in [2.45, 2.75) is 88.8 Å². The molecule has 0 aromatic carbocycles. The summed E-state index contributed by atoms with van der Waals surface area (Å²) >= 11 is 0. The van der Waals surface area contributed by atoms with E-state index in [1.54, 1.807) is 21.6 Å². The summed E-state index contributed by atoms with van der Waals surface area (Å²) in [5.41, 5.74) is 11.9. The fraction of sp³-hybridized carbons (Fsp3) is 0.882. The van der Waals surface area contributed by atoms with Gasteiger partial charge in [-0.05, 0) is 41.0 Å². The molecule has 0 heterocycles. The maximum atomic E-state index is 12.1. The molecule has 0 aromatic heterocycles. The van der Waals surface area contributed by atoms with Gasteiger partial charge in [0.2, 0.25) is 5.91 Å². The van der Waals surface area contributed by atoms with Crippen molar-refractivity contribution in [3.05, 3.63) is 0 Å². The molecule has 2 atom stereocenters. The Morgan fingerprint density at radius 3 is 2.17 bits per heavy atom. The number of Topliss-reactive ketones (excluding diaryl/α,β-unsaturated/α-hetero) is 1. The van der Waals surface area contributed by atoms with Gasteiger partial charge in [0.25, 0.3) is 0 Å². The molecule has 7 heteroatoms. The second-order valence-electron chi connectivity index (χ2n) is 7.44. The first-order valence-corrected chi connectivity index (χ1v) is 10.7. The highest BCUT2D eigenvalue weighted by Crippen LogP contribution is 2.44. The summed E-state index contributed by atoms with van der Waals surface area (Å²) in [7, 11) is 3.22. The van der Waals surface area contributed by atoms with Crippen LogP contribution in [-0.4, -0.2) is 39.8 Å². The molecule has 0 aliphatic rings. The third-order valence-corrected chi connectivity index (χ3v) is 8.07. The first-order chi connectivity index (χ1) is 10.9. The van der Waals surface area contributed by atoms with Crippen molar-refractivity contribution in [3.63, 3.8) is 0 Å². The van der Waals surface area contributed by atoms with Gasteiger partial charge in [-0.2, -0.15) is 0 Å². The Morgan fingerprint density at radius 2 is 1.67 bits per heavy atom. The van der Waals surface area contributed by atoms with Crippen molar-refractivity contribution in [2.24, 2.45) is 11.5 Å². The van der Waals surface area contributed by atoms with Gasteiger partial charge in [-0.3, -0.25) is 9.59 Å². The van der Waals surface area contributed by atoms with Crippen LogP contribution in [0.15, 0.2) is 0 Å². The Labute approximate surface area is 155 Å². The van der Waals surface area contributed by atoms with E-state index in [9.17, 15) is 9.59 Å². The zero-order valence-electron chi connectivity index (χ0n) is 16.0. The molecule has 24 heavy (non-hydrogen) atoms. The van der Waals surface area contributed by atoms with Crippen LogP contribution in [0.1, 0.15) is 67.2 Å². The molecule has 0 rings (SSSR count). The van der Waals surface area contributed by atoms with E-state index in [2.05, 4.69) is 26.1 Å². The van der Waals surface area contributed by atoms with Gasteiger partial charge in [-0.25, -0.2) is 0 Å². The lowest BCUT2D eigenvalue weighted by molar-refractivity contribution is -0.122. The van der Waals surface area contributed by atoms with Gasteiger partial charge in [0.05, 0.1) is 12.1 Å². The first-order valence-electron chi connectivity index (χ1n) is 8.59. The molecule has 0 aliphatic heterocycles. The highest BCUT2D eigenvalue weighted by molar-refractivity contribution is 8.77. The van der Waals surface area contributed by atoms with Gasteiger partial charge in [-0.1, -0.05) is 47.8 Å². The summed E-state index contributed by atoms with van der Waals surface area (Å²) in [5, 5.41) is 2.94. The van der Waals surface area contributed by atoms with E-state index in [0.29, 0.717) is 6.54 Å². The highest BCUT2D eigenvalue weighted by Gasteiger charge is 2.33. The molecule has 0 aliphatic carbocycles. The molecular formula is C17H35N3O2S2. The number of amides is 1. The van der Waals surface area contributed by atoms with Crippen LogP contribution < -0.4 is 16.8 Å². The maximum absolute atomic E-state index is 12.1.